The number of nitrogens with zero attached hydrogens (tertiary/aromatic N) is 1. The Bertz CT molecular complexity index is 1020. The number of pyridine rings is 1. The molecule has 1 heterocycles. The number of carbonyl (C=O) groups excluding carboxylic acids is 2. The highest BCUT2D eigenvalue weighted by atomic mass is 16.2. The van der Waals surface area contributed by atoms with Crippen molar-refractivity contribution in [3.8, 4) is 0 Å². The summed E-state index contributed by atoms with van der Waals surface area (Å²) in [7, 11) is 0. The van der Waals surface area contributed by atoms with Crippen molar-refractivity contribution in [2.24, 2.45) is 0 Å². The van der Waals surface area contributed by atoms with E-state index in [-0.39, 0.29) is 11.9 Å². The summed E-state index contributed by atoms with van der Waals surface area (Å²) >= 11 is 0. The fourth-order valence-corrected chi connectivity index (χ4v) is 3.04. The van der Waals surface area contributed by atoms with Gasteiger partial charge in [0, 0.05) is 31.2 Å². The Hall–Kier alpha value is -3.67. The fraction of sp³-hybridized carbons (Fsp3) is 0.208. The molecular weight excluding hydrogens is 376 g/mol. The molecule has 6 heteroatoms. The maximum Gasteiger partial charge on any atom is 0.319 e. The van der Waals surface area contributed by atoms with Gasteiger partial charge >= 0.3 is 6.03 Å². The average molecular weight is 402 g/mol. The Kier molecular flexibility index (Phi) is 7.16. The van der Waals surface area contributed by atoms with Crippen LogP contribution in [-0.2, 0) is 24.3 Å². The molecule has 0 saturated heterocycles. The third kappa shape index (κ3) is 6.44. The van der Waals surface area contributed by atoms with Crippen molar-refractivity contribution in [3.63, 3.8) is 0 Å². The van der Waals surface area contributed by atoms with Crippen molar-refractivity contribution in [1.82, 2.24) is 15.6 Å². The Balaban J connectivity index is 1.49. The molecule has 3 aromatic rings. The number of hydrogen-bond acceptors (Lipinski definition) is 3. The lowest BCUT2D eigenvalue weighted by Gasteiger charge is -2.11. The van der Waals surface area contributed by atoms with Gasteiger partial charge in [0.15, 0.2) is 0 Å². The van der Waals surface area contributed by atoms with E-state index in [1.165, 1.54) is 0 Å². The number of aromatic nitrogens is 1. The smallest absolute Gasteiger partial charge is 0.319 e. The number of carbonyl (C=O) groups is 2. The quantitative estimate of drug-likeness (QED) is 0.561. The van der Waals surface area contributed by atoms with E-state index in [9.17, 15) is 9.59 Å². The van der Waals surface area contributed by atoms with Crippen LogP contribution >= 0.6 is 0 Å². The predicted molar refractivity (Wildman–Crippen MR) is 118 cm³/mol. The minimum atomic E-state index is -0.289. The molecule has 0 bridgehead atoms. The van der Waals surface area contributed by atoms with Crippen LogP contribution in [0, 0.1) is 13.8 Å². The van der Waals surface area contributed by atoms with E-state index in [1.807, 2.05) is 68.4 Å². The van der Waals surface area contributed by atoms with Gasteiger partial charge in [0.05, 0.1) is 6.42 Å². The molecule has 0 unspecified atom stereocenters. The van der Waals surface area contributed by atoms with Crippen molar-refractivity contribution in [3.05, 3.63) is 94.8 Å². The first-order valence-electron chi connectivity index (χ1n) is 9.85. The summed E-state index contributed by atoms with van der Waals surface area (Å²) in [5.41, 5.74) is 5.85. The second-order valence-corrected chi connectivity index (χ2v) is 7.25. The third-order valence-electron chi connectivity index (χ3n) is 4.73. The number of anilines is 1. The molecular formula is C24H26N4O2. The maximum atomic E-state index is 12.3. The van der Waals surface area contributed by atoms with Gasteiger partial charge in [-0.25, -0.2) is 4.79 Å². The maximum absolute atomic E-state index is 12.3. The molecule has 1 aromatic heterocycles. The monoisotopic (exact) mass is 402 g/mol. The van der Waals surface area contributed by atoms with E-state index in [0.717, 1.165) is 27.8 Å². The Morgan fingerprint density at radius 1 is 0.867 bits per heavy atom. The molecule has 30 heavy (non-hydrogen) atoms. The van der Waals surface area contributed by atoms with Gasteiger partial charge in [-0.15, -0.1) is 0 Å². The normalized spacial score (nSPS) is 10.3. The zero-order valence-electron chi connectivity index (χ0n) is 17.2. The minimum Gasteiger partial charge on any atom is -0.352 e. The standard InChI is InChI=1S/C24H26N4O2/c1-17-6-7-18(2)21(12-17)14-23(29)26-16-20-4-3-5-22(13-20)28-24(30)27-15-19-8-10-25-11-9-19/h3-13H,14-16H2,1-2H3,(H,26,29)(H2,27,28,30). The third-order valence-corrected chi connectivity index (χ3v) is 4.73. The lowest BCUT2D eigenvalue weighted by atomic mass is 10.0. The van der Waals surface area contributed by atoms with Gasteiger partial charge in [-0.1, -0.05) is 35.9 Å². The molecule has 0 radical (unpaired) electrons. The van der Waals surface area contributed by atoms with Crippen molar-refractivity contribution in [1.29, 1.82) is 0 Å². The molecule has 3 N–H and O–H groups in total. The van der Waals surface area contributed by atoms with Crippen LogP contribution in [0.25, 0.3) is 0 Å². The molecule has 3 rings (SSSR count). The molecule has 0 saturated carbocycles. The molecule has 0 aliphatic carbocycles. The van der Waals surface area contributed by atoms with Gasteiger partial charge in [0.1, 0.15) is 0 Å². The molecule has 0 fully saturated rings. The predicted octanol–water partition coefficient (Wildman–Crippen LogP) is 3.88. The summed E-state index contributed by atoms with van der Waals surface area (Å²) in [4.78, 5) is 28.4. The summed E-state index contributed by atoms with van der Waals surface area (Å²) in [6.07, 6.45) is 3.72. The highest BCUT2D eigenvalue weighted by Gasteiger charge is 2.07. The molecule has 3 amide bonds. The van der Waals surface area contributed by atoms with E-state index >= 15 is 0 Å². The van der Waals surface area contributed by atoms with Crippen LogP contribution in [0.3, 0.4) is 0 Å². The fourth-order valence-electron chi connectivity index (χ4n) is 3.04. The lowest BCUT2D eigenvalue weighted by Crippen LogP contribution is -2.28. The van der Waals surface area contributed by atoms with Crippen LogP contribution in [0.5, 0.6) is 0 Å². The van der Waals surface area contributed by atoms with Gasteiger partial charge in [0.25, 0.3) is 0 Å². The van der Waals surface area contributed by atoms with Gasteiger partial charge in [-0.05, 0) is 60.4 Å². The highest BCUT2D eigenvalue weighted by molar-refractivity contribution is 5.89. The summed E-state index contributed by atoms with van der Waals surface area (Å²) in [5, 5.41) is 8.57. The van der Waals surface area contributed by atoms with E-state index in [2.05, 4.69) is 20.9 Å². The summed E-state index contributed by atoms with van der Waals surface area (Å²) < 4.78 is 0. The first kappa shape index (κ1) is 21.0. The SMILES string of the molecule is Cc1ccc(C)c(CC(=O)NCc2cccc(NC(=O)NCc3ccncc3)c2)c1. The van der Waals surface area contributed by atoms with Crippen LogP contribution in [0.15, 0.2) is 67.0 Å². The largest absolute Gasteiger partial charge is 0.352 e. The van der Waals surface area contributed by atoms with Crippen molar-refractivity contribution < 1.29 is 9.59 Å². The van der Waals surface area contributed by atoms with Gasteiger partial charge in [-0.3, -0.25) is 9.78 Å². The Morgan fingerprint density at radius 3 is 2.43 bits per heavy atom. The van der Waals surface area contributed by atoms with Crippen LogP contribution in [0.2, 0.25) is 0 Å². The highest BCUT2D eigenvalue weighted by Crippen LogP contribution is 2.13. The number of hydrogen-bond donors (Lipinski definition) is 3. The van der Waals surface area contributed by atoms with Crippen LogP contribution < -0.4 is 16.0 Å². The zero-order chi connectivity index (χ0) is 21.3. The van der Waals surface area contributed by atoms with Crippen LogP contribution in [-0.4, -0.2) is 16.9 Å². The number of aryl methyl sites for hydroxylation is 2. The topological polar surface area (TPSA) is 83.1 Å². The van der Waals surface area contributed by atoms with Crippen molar-refractivity contribution in [2.45, 2.75) is 33.4 Å². The van der Waals surface area contributed by atoms with Gasteiger partial charge < -0.3 is 16.0 Å². The van der Waals surface area contributed by atoms with Gasteiger partial charge in [-0.2, -0.15) is 0 Å². The number of urea groups is 1. The van der Waals surface area contributed by atoms with Crippen molar-refractivity contribution >= 4 is 17.6 Å². The van der Waals surface area contributed by atoms with Gasteiger partial charge in [0.2, 0.25) is 5.91 Å². The molecule has 0 aliphatic rings. The number of amides is 3. The number of nitrogens with one attached hydrogen (secondary N) is 3. The number of rotatable bonds is 7. The summed E-state index contributed by atoms with van der Waals surface area (Å²) in [5.74, 6) is -0.0304. The Morgan fingerprint density at radius 2 is 1.63 bits per heavy atom. The molecule has 6 nitrogen and oxygen atoms in total. The van der Waals surface area contributed by atoms with E-state index in [4.69, 9.17) is 0 Å². The van der Waals surface area contributed by atoms with E-state index < -0.39 is 0 Å². The molecule has 154 valence electrons. The van der Waals surface area contributed by atoms with Crippen LogP contribution in [0.4, 0.5) is 10.5 Å². The Labute approximate surface area is 176 Å². The van der Waals surface area contributed by atoms with Crippen LogP contribution in [0.1, 0.15) is 27.8 Å². The lowest BCUT2D eigenvalue weighted by molar-refractivity contribution is -0.120. The summed E-state index contributed by atoms with van der Waals surface area (Å²) in [6.45, 7) is 4.85. The first-order chi connectivity index (χ1) is 14.5. The number of benzene rings is 2. The second kappa shape index (κ2) is 10.2. The second-order valence-electron chi connectivity index (χ2n) is 7.25. The molecule has 0 atom stereocenters. The minimum absolute atomic E-state index is 0.0304. The first-order valence-corrected chi connectivity index (χ1v) is 9.85. The molecule has 0 aliphatic heterocycles. The van der Waals surface area contributed by atoms with Crippen molar-refractivity contribution in [2.75, 3.05) is 5.32 Å². The average Bonchev–Trinajstić information content (AvgIpc) is 2.74. The van der Waals surface area contributed by atoms with E-state index in [0.29, 0.717) is 25.2 Å². The molecule has 0 spiro atoms. The zero-order valence-corrected chi connectivity index (χ0v) is 17.2. The van der Waals surface area contributed by atoms with E-state index in [1.54, 1.807) is 12.4 Å². The molecule has 2 aromatic carbocycles. The summed E-state index contributed by atoms with van der Waals surface area (Å²) in [6, 6.07) is 17.0.